The Kier molecular flexibility index (Phi) is 3.99. The molecular formula is C14H15IN2. The molecule has 0 fully saturated rings. The van der Waals surface area contributed by atoms with Gasteiger partial charge in [-0.2, -0.15) is 0 Å². The molecule has 0 aliphatic carbocycles. The quantitative estimate of drug-likeness (QED) is 0.850. The van der Waals surface area contributed by atoms with Crippen molar-refractivity contribution in [2.45, 2.75) is 19.9 Å². The van der Waals surface area contributed by atoms with Crippen molar-refractivity contribution in [1.82, 2.24) is 4.98 Å². The zero-order valence-corrected chi connectivity index (χ0v) is 12.1. The molecule has 1 unspecified atom stereocenters. The van der Waals surface area contributed by atoms with Gasteiger partial charge in [0.05, 0.1) is 11.9 Å². The minimum absolute atomic E-state index is 0.287. The number of nitrogens with zero attached hydrogens (tertiary/aromatic N) is 1. The molecule has 2 aromatic rings. The number of nitrogens with one attached hydrogen (secondary N) is 1. The lowest BCUT2D eigenvalue weighted by Gasteiger charge is -2.17. The largest absolute Gasteiger partial charge is 0.377 e. The van der Waals surface area contributed by atoms with Gasteiger partial charge in [-0.3, -0.25) is 4.98 Å². The second-order valence-corrected chi connectivity index (χ2v) is 5.35. The zero-order chi connectivity index (χ0) is 12.3. The molecule has 0 saturated carbocycles. The highest BCUT2D eigenvalue weighted by molar-refractivity contribution is 14.1. The van der Waals surface area contributed by atoms with E-state index >= 15 is 0 Å². The van der Waals surface area contributed by atoms with E-state index in [-0.39, 0.29) is 6.04 Å². The molecule has 0 aliphatic heterocycles. The third-order valence-corrected chi connectivity index (χ3v) is 3.50. The molecule has 2 rings (SSSR count). The summed E-state index contributed by atoms with van der Waals surface area (Å²) in [5, 5.41) is 3.48. The fourth-order valence-corrected chi connectivity index (χ4v) is 2.04. The predicted octanol–water partition coefficient (Wildman–Crippen LogP) is 4.17. The first-order valence-corrected chi connectivity index (χ1v) is 6.67. The Morgan fingerprint density at radius 3 is 2.53 bits per heavy atom. The summed E-state index contributed by atoms with van der Waals surface area (Å²) in [6.45, 7) is 4.25. The van der Waals surface area contributed by atoms with Crippen LogP contribution in [0.15, 0.2) is 42.7 Å². The summed E-state index contributed by atoms with van der Waals surface area (Å²) in [6.07, 6.45) is 3.69. The van der Waals surface area contributed by atoms with E-state index in [9.17, 15) is 0 Å². The van der Waals surface area contributed by atoms with Gasteiger partial charge in [-0.05, 0) is 65.8 Å². The number of benzene rings is 1. The maximum absolute atomic E-state index is 4.14. The summed E-state index contributed by atoms with van der Waals surface area (Å²) < 4.78 is 1.26. The van der Waals surface area contributed by atoms with E-state index in [1.807, 2.05) is 18.5 Å². The number of anilines is 1. The van der Waals surface area contributed by atoms with E-state index in [0.29, 0.717) is 0 Å². The molecule has 88 valence electrons. The van der Waals surface area contributed by atoms with Crippen molar-refractivity contribution < 1.29 is 0 Å². The summed E-state index contributed by atoms with van der Waals surface area (Å²) in [4.78, 5) is 4.14. The van der Waals surface area contributed by atoms with E-state index in [4.69, 9.17) is 0 Å². The molecule has 1 aromatic heterocycles. The Labute approximate surface area is 116 Å². The van der Waals surface area contributed by atoms with Crippen LogP contribution in [0.2, 0.25) is 0 Å². The lowest BCUT2D eigenvalue weighted by Crippen LogP contribution is -2.07. The molecule has 0 aliphatic rings. The summed E-state index contributed by atoms with van der Waals surface area (Å²) >= 11 is 2.32. The predicted molar refractivity (Wildman–Crippen MR) is 80.2 cm³/mol. The van der Waals surface area contributed by atoms with Crippen LogP contribution in [0.1, 0.15) is 24.1 Å². The van der Waals surface area contributed by atoms with E-state index < -0.39 is 0 Å². The summed E-state index contributed by atoms with van der Waals surface area (Å²) in [5.74, 6) is 0. The highest BCUT2D eigenvalue weighted by Gasteiger charge is 2.06. The van der Waals surface area contributed by atoms with Gasteiger partial charge in [0.1, 0.15) is 0 Å². The van der Waals surface area contributed by atoms with Gasteiger partial charge in [-0.1, -0.05) is 12.1 Å². The molecule has 17 heavy (non-hydrogen) atoms. The summed E-state index contributed by atoms with van der Waals surface area (Å²) in [6, 6.07) is 10.9. The van der Waals surface area contributed by atoms with Crippen molar-refractivity contribution in [2.24, 2.45) is 0 Å². The molecule has 1 aromatic carbocycles. The number of hydrogen-bond donors (Lipinski definition) is 1. The highest BCUT2D eigenvalue weighted by Crippen LogP contribution is 2.21. The van der Waals surface area contributed by atoms with Crippen molar-refractivity contribution in [2.75, 3.05) is 5.32 Å². The van der Waals surface area contributed by atoms with Gasteiger partial charge in [0.2, 0.25) is 0 Å². The average molecular weight is 338 g/mol. The average Bonchev–Trinajstić information content (AvgIpc) is 2.33. The second kappa shape index (κ2) is 5.49. The third-order valence-electron chi connectivity index (χ3n) is 2.78. The number of pyridine rings is 1. The fraction of sp³-hybridized carbons (Fsp3) is 0.214. The van der Waals surface area contributed by atoms with Crippen LogP contribution in [0.3, 0.4) is 0 Å². The van der Waals surface area contributed by atoms with Gasteiger partial charge in [-0.15, -0.1) is 0 Å². The first-order chi connectivity index (χ1) is 8.16. The molecule has 0 radical (unpaired) electrons. The zero-order valence-electron chi connectivity index (χ0n) is 9.94. The Hall–Kier alpha value is -1.10. The van der Waals surface area contributed by atoms with Gasteiger partial charge < -0.3 is 5.32 Å². The molecule has 2 nitrogen and oxygen atoms in total. The molecule has 1 atom stereocenters. The maximum atomic E-state index is 4.14. The van der Waals surface area contributed by atoms with Crippen molar-refractivity contribution in [3.05, 3.63) is 57.4 Å². The topological polar surface area (TPSA) is 24.9 Å². The Morgan fingerprint density at radius 1 is 1.18 bits per heavy atom. The number of aromatic nitrogens is 1. The number of hydrogen-bond acceptors (Lipinski definition) is 2. The van der Waals surface area contributed by atoms with Crippen LogP contribution < -0.4 is 5.32 Å². The maximum Gasteiger partial charge on any atom is 0.0561 e. The lowest BCUT2D eigenvalue weighted by atomic mass is 10.1. The van der Waals surface area contributed by atoms with E-state index in [0.717, 1.165) is 5.69 Å². The minimum atomic E-state index is 0.287. The van der Waals surface area contributed by atoms with Crippen molar-refractivity contribution in [3.8, 4) is 0 Å². The van der Waals surface area contributed by atoms with Gasteiger partial charge in [0.15, 0.2) is 0 Å². The van der Waals surface area contributed by atoms with Crippen LogP contribution in [0, 0.1) is 10.5 Å². The molecule has 0 amide bonds. The first kappa shape index (κ1) is 12.4. The number of aryl methyl sites for hydroxylation is 1. The minimum Gasteiger partial charge on any atom is -0.377 e. The SMILES string of the molecule is Cc1ccncc1NC(C)c1ccc(I)cc1. The van der Waals surface area contributed by atoms with Gasteiger partial charge in [0, 0.05) is 15.8 Å². The van der Waals surface area contributed by atoms with Crippen LogP contribution in [0.4, 0.5) is 5.69 Å². The normalized spacial score (nSPS) is 12.2. The number of halogens is 1. The molecular weight excluding hydrogens is 323 g/mol. The fourth-order valence-electron chi connectivity index (χ4n) is 1.68. The van der Waals surface area contributed by atoms with Crippen LogP contribution in [-0.4, -0.2) is 4.98 Å². The molecule has 3 heteroatoms. The highest BCUT2D eigenvalue weighted by atomic mass is 127. The standard InChI is InChI=1S/C14H15IN2/c1-10-7-8-16-9-14(10)17-11(2)12-3-5-13(15)6-4-12/h3-9,11,17H,1-2H3. The van der Waals surface area contributed by atoms with Crippen molar-refractivity contribution in [3.63, 3.8) is 0 Å². The molecule has 1 heterocycles. The second-order valence-electron chi connectivity index (χ2n) is 4.11. The number of rotatable bonds is 3. The van der Waals surface area contributed by atoms with Crippen LogP contribution in [0.5, 0.6) is 0 Å². The van der Waals surface area contributed by atoms with Gasteiger partial charge >= 0.3 is 0 Å². The Balaban J connectivity index is 2.14. The first-order valence-electron chi connectivity index (χ1n) is 5.59. The summed E-state index contributed by atoms with van der Waals surface area (Å²) in [7, 11) is 0. The molecule has 1 N–H and O–H groups in total. The summed E-state index contributed by atoms with van der Waals surface area (Å²) in [5.41, 5.74) is 3.60. The van der Waals surface area contributed by atoms with E-state index in [1.54, 1.807) is 0 Å². The Morgan fingerprint density at radius 2 is 1.88 bits per heavy atom. The smallest absolute Gasteiger partial charge is 0.0561 e. The lowest BCUT2D eigenvalue weighted by molar-refractivity contribution is 0.880. The molecule has 0 spiro atoms. The molecule has 0 saturated heterocycles. The van der Waals surface area contributed by atoms with Crippen molar-refractivity contribution >= 4 is 28.3 Å². The monoisotopic (exact) mass is 338 g/mol. The van der Waals surface area contributed by atoms with Crippen LogP contribution in [-0.2, 0) is 0 Å². The van der Waals surface area contributed by atoms with Gasteiger partial charge in [0.25, 0.3) is 0 Å². The van der Waals surface area contributed by atoms with Crippen LogP contribution in [0.25, 0.3) is 0 Å². The van der Waals surface area contributed by atoms with E-state index in [2.05, 4.69) is 71.0 Å². The van der Waals surface area contributed by atoms with E-state index in [1.165, 1.54) is 14.7 Å². The Bertz CT molecular complexity index is 494. The molecule has 0 bridgehead atoms. The third kappa shape index (κ3) is 3.19. The van der Waals surface area contributed by atoms with Crippen molar-refractivity contribution in [1.29, 1.82) is 0 Å². The van der Waals surface area contributed by atoms with Gasteiger partial charge in [-0.25, -0.2) is 0 Å². The van der Waals surface area contributed by atoms with Crippen LogP contribution >= 0.6 is 22.6 Å².